The van der Waals surface area contributed by atoms with Gasteiger partial charge in [-0.1, -0.05) is 17.7 Å². The average molecular weight is 201 g/mol. The van der Waals surface area contributed by atoms with E-state index in [1.165, 1.54) is 19.5 Å². The Labute approximate surface area is 84.9 Å². The SMILES string of the molecule is ClC1=CCCC(N2CCNCC2)C1. The van der Waals surface area contributed by atoms with Crippen molar-refractivity contribution in [3.63, 3.8) is 0 Å². The van der Waals surface area contributed by atoms with Gasteiger partial charge >= 0.3 is 0 Å². The van der Waals surface area contributed by atoms with Crippen LogP contribution in [0.4, 0.5) is 0 Å². The fourth-order valence-electron chi connectivity index (χ4n) is 2.20. The molecule has 0 aromatic carbocycles. The lowest BCUT2D eigenvalue weighted by Crippen LogP contribution is -2.48. The lowest BCUT2D eigenvalue weighted by Gasteiger charge is -2.36. The van der Waals surface area contributed by atoms with E-state index >= 15 is 0 Å². The van der Waals surface area contributed by atoms with Crippen LogP contribution >= 0.6 is 11.6 Å². The molecule has 1 aliphatic carbocycles. The largest absolute Gasteiger partial charge is 0.314 e. The Hall–Kier alpha value is -0.0500. The van der Waals surface area contributed by atoms with E-state index in [9.17, 15) is 0 Å². The monoisotopic (exact) mass is 200 g/mol. The number of hydrogen-bond acceptors (Lipinski definition) is 2. The molecule has 1 saturated heterocycles. The molecule has 3 heteroatoms. The van der Waals surface area contributed by atoms with Gasteiger partial charge in [0, 0.05) is 37.3 Å². The van der Waals surface area contributed by atoms with Crippen LogP contribution in [0.15, 0.2) is 11.1 Å². The zero-order chi connectivity index (χ0) is 9.10. The van der Waals surface area contributed by atoms with Crippen LogP contribution in [-0.4, -0.2) is 37.1 Å². The van der Waals surface area contributed by atoms with Crippen LogP contribution in [0.2, 0.25) is 0 Å². The summed E-state index contributed by atoms with van der Waals surface area (Å²) in [5.41, 5.74) is 0. The molecule has 0 bridgehead atoms. The third kappa shape index (κ3) is 2.46. The van der Waals surface area contributed by atoms with Gasteiger partial charge in [-0.3, -0.25) is 4.90 Å². The van der Waals surface area contributed by atoms with Crippen molar-refractivity contribution in [2.45, 2.75) is 25.3 Å². The quantitative estimate of drug-likeness (QED) is 0.692. The molecule has 2 rings (SSSR count). The Kier molecular flexibility index (Phi) is 3.25. The summed E-state index contributed by atoms with van der Waals surface area (Å²) in [7, 11) is 0. The fourth-order valence-corrected chi connectivity index (χ4v) is 2.49. The van der Waals surface area contributed by atoms with Gasteiger partial charge < -0.3 is 5.32 Å². The first-order valence-electron chi connectivity index (χ1n) is 5.15. The molecule has 1 heterocycles. The average Bonchev–Trinajstić information content (AvgIpc) is 2.19. The van der Waals surface area contributed by atoms with E-state index in [0.717, 1.165) is 31.0 Å². The van der Waals surface area contributed by atoms with Gasteiger partial charge in [0.15, 0.2) is 0 Å². The van der Waals surface area contributed by atoms with Crippen molar-refractivity contribution in [2.24, 2.45) is 0 Å². The van der Waals surface area contributed by atoms with Crippen LogP contribution in [0.1, 0.15) is 19.3 Å². The molecule has 1 aliphatic heterocycles. The molecule has 74 valence electrons. The van der Waals surface area contributed by atoms with Crippen molar-refractivity contribution in [3.05, 3.63) is 11.1 Å². The predicted octanol–water partition coefficient (Wildman–Crippen LogP) is 1.57. The topological polar surface area (TPSA) is 15.3 Å². The number of nitrogens with one attached hydrogen (secondary N) is 1. The molecule has 0 amide bonds. The van der Waals surface area contributed by atoms with Crippen molar-refractivity contribution in [1.82, 2.24) is 10.2 Å². The van der Waals surface area contributed by atoms with Gasteiger partial charge in [-0.25, -0.2) is 0 Å². The summed E-state index contributed by atoms with van der Waals surface area (Å²) in [4.78, 5) is 2.58. The van der Waals surface area contributed by atoms with E-state index in [1.54, 1.807) is 0 Å². The maximum absolute atomic E-state index is 6.05. The zero-order valence-corrected chi connectivity index (χ0v) is 8.69. The lowest BCUT2D eigenvalue weighted by molar-refractivity contribution is 0.162. The Morgan fingerprint density at radius 3 is 2.85 bits per heavy atom. The maximum atomic E-state index is 6.05. The summed E-state index contributed by atoms with van der Waals surface area (Å²) < 4.78 is 0. The van der Waals surface area contributed by atoms with Crippen molar-refractivity contribution < 1.29 is 0 Å². The molecular weight excluding hydrogens is 184 g/mol. The number of nitrogens with zero attached hydrogens (tertiary/aromatic N) is 1. The first-order chi connectivity index (χ1) is 6.36. The molecular formula is C10H17ClN2. The minimum Gasteiger partial charge on any atom is -0.314 e. The number of halogens is 1. The molecule has 1 fully saturated rings. The Balaban J connectivity index is 1.89. The van der Waals surface area contributed by atoms with Crippen LogP contribution in [0, 0.1) is 0 Å². The van der Waals surface area contributed by atoms with Crippen molar-refractivity contribution in [2.75, 3.05) is 26.2 Å². The molecule has 2 nitrogen and oxygen atoms in total. The number of rotatable bonds is 1. The van der Waals surface area contributed by atoms with Gasteiger partial charge in [0.1, 0.15) is 0 Å². The van der Waals surface area contributed by atoms with Crippen molar-refractivity contribution in [1.29, 1.82) is 0 Å². The molecule has 0 spiro atoms. The summed E-state index contributed by atoms with van der Waals surface area (Å²) in [6.07, 6.45) is 5.69. The summed E-state index contributed by atoms with van der Waals surface area (Å²) in [6, 6.07) is 0.708. The summed E-state index contributed by atoms with van der Waals surface area (Å²) in [5, 5.41) is 4.44. The number of piperazine rings is 1. The highest BCUT2D eigenvalue weighted by Gasteiger charge is 2.22. The van der Waals surface area contributed by atoms with Crippen molar-refractivity contribution in [3.8, 4) is 0 Å². The molecule has 0 saturated carbocycles. The Morgan fingerprint density at radius 1 is 1.38 bits per heavy atom. The van der Waals surface area contributed by atoms with E-state index in [-0.39, 0.29) is 0 Å². The molecule has 1 unspecified atom stereocenters. The molecule has 0 aromatic rings. The summed E-state index contributed by atoms with van der Waals surface area (Å²) >= 11 is 6.05. The number of allylic oxidation sites excluding steroid dienone is 1. The van der Waals surface area contributed by atoms with Crippen LogP contribution in [0.5, 0.6) is 0 Å². The van der Waals surface area contributed by atoms with Gasteiger partial charge in [-0.2, -0.15) is 0 Å². The second-order valence-corrected chi connectivity index (χ2v) is 4.36. The van der Waals surface area contributed by atoms with Gasteiger partial charge in [0.05, 0.1) is 0 Å². The minimum absolute atomic E-state index is 0.708. The smallest absolute Gasteiger partial charge is 0.0156 e. The standard InChI is InChI=1S/C10H17ClN2/c11-9-2-1-3-10(8-9)13-6-4-12-5-7-13/h2,10,12H,1,3-8H2. The molecule has 2 aliphatic rings. The molecule has 13 heavy (non-hydrogen) atoms. The summed E-state index contributed by atoms with van der Waals surface area (Å²) in [6.45, 7) is 4.65. The molecule has 1 N–H and O–H groups in total. The second-order valence-electron chi connectivity index (χ2n) is 3.87. The third-order valence-corrected chi connectivity index (χ3v) is 3.27. The van der Waals surface area contributed by atoms with E-state index in [1.807, 2.05) is 0 Å². The molecule has 0 radical (unpaired) electrons. The van der Waals surface area contributed by atoms with Crippen LogP contribution in [0.3, 0.4) is 0 Å². The first-order valence-corrected chi connectivity index (χ1v) is 5.53. The molecule has 0 aromatic heterocycles. The highest BCUT2D eigenvalue weighted by molar-refractivity contribution is 6.29. The van der Waals surface area contributed by atoms with E-state index in [4.69, 9.17) is 11.6 Å². The van der Waals surface area contributed by atoms with Gasteiger partial charge in [0.25, 0.3) is 0 Å². The van der Waals surface area contributed by atoms with Crippen molar-refractivity contribution >= 4 is 11.6 Å². The fraction of sp³-hybridized carbons (Fsp3) is 0.800. The van der Waals surface area contributed by atoms with Gasteiger partial charge in [-0.15, -0.1) is 0 Å². The minimum atomic E-state index is 0.708. The van der Waals surface area contributed by atoms with Crippen LogP contribution < -0.4 is 5.32 Å². The molecule has 1 atom stereocenters. The Bertz CT molecular complexity index is 197. The second kappa shape index (κ2) is 4.45. The highest BCUT2D eigenvalue weighted by Crippen LogP contribution is 2.25. The third-order valence-electron chi connectivity index (χ3n) is 2.96. The van der Waals surface area contributed by atoms with Gasteiger partial charge in [0.2, 0.25) is 0 Å². The van der Waals surface area contributed by atoms with Crippen LogP contribution in [-0.2, 0) is 0 Å². The zero-order valence-electron chi connectivity index (χ0n) is 7.93. The highest BCUT2D eigenvalue weighted by atomic mass is 35.5. The van der Waals surface area contributed by atoms with Gasteiger partial charge in [-0.05, 0) is 19.3 Å². The number of hydrogen-bond donors (Lipinski definition) is 1. The lowest BCUT2D eigenvalue weighted by atomic mass is 9.99. The maximum Gasteiger partial charge on any atom is 0.0156 e. The summed E-state index contributed by atoms with van der Waals surface area (Å²) in [5.74, 6) is 0. The van der Waals surface area contributed by atoms with E-state index < -0.39 is 0 Å². The Morgan fingerprint density at radius 2 is 2.15 bits per heavy atom. The van der Waals surface area contributed by atoms with E-state index in [2.05, 4.69) is 16.3 Å². The van der Waals surface area contributed by atoms with E-state index in [0.29, 0.717) is 6.04 Å². The first kappa shape index (κ1) is 9.50. The normalized spacial score (nSPS) is 31.5. The predicted molar refractivity (Wildman–Crippen MR) is 56.0 cm³/mol. The van der Waals surface area contributed by atoms with Crippen LogP contribution in [0.25, 0.3) is 0 Å².